The quantitative estimate of drug-likeness (QED) is 0.599. The zero-order valence-corrected chi connectivity index (χ0v) is 6.26. The summed E-state index contributed by atoms with van der Waals surface area (Å²) in [6, 6.07) is 0. The molecule has 0 bridgehead atoms. The highest BCUT2D eigenvalue weighted by molar-refractivity contribution is 6.57. The standard InChI is InChI=1S/C4H5Cl3O/c5-3(2-8)1-4(3,6)7/h8H,1-2H2. The first-order chi connectivity index (χ1) is 3.52. The summed E-state index contributed by atoms with van der Waals surface area (Å²) in [6.07, 6.45) is 0.473. The van der Waals surface area contributed by atoms with Crippen molar-refractivity contribution in [3.05, 3.63) is 0 Å². The molecule has 1 aliphatic carbocycles. The molecule has 1 fully saturated rings. The van der Waals surface area contributed by atoms with Gasteiger partial charge in [-0.25, -0.2) is 0 Å². The average Bonchev–Trinajstić information content (AvgIpc) is 2.10. The largest absolute Gasteiger partial charge is 0.394 e. The van der Waals surface area contributed by atoms with E-state index in [1.807, 2.05) is 0 Å². The van der Waals surface area contributed by atoms with Crippen molar-refractivity contribution < 1.29 is 5.11 Å². The molecule has 0 aromatic rings. The normalized spacial score (nSPS) is 42.0. The Labute approximate surface area is 62.5 Å². The van der Waals surface area contributed by atoms with Gasteiger partial charge in [0.05, 0.1) is 6.61 Å². The molecule has 1 nitrogen and oxygen atoms in total. The van der Waals surface area contributed by atoms with E-state index < -0.39 is 9.21 Å². The van der Waals surface area contributed by atoms with Gasteiger partial charge in [0.1, 0.15) is 9.21 Å². The molecular formula is C4H5Cl3O. The molecule has 1 aliphatic rings. The lowest BCUT2D eigenvalue weighted by molar-refractivity contribution is 0.285. The molecule has 1 saturated carbocycles. The van der Waals surface area contributed by atoms with Crippen molar-refractivity contribution >= 4 is 34.8 Å². The summed E-state index contributed by atoms with van der Waals surface area (Å²) in [6.45, 7) is -0.151. The molecule has 1 atom stereocenters. The van der Waals surface area contributed by atoms with Crippen LogP contribution in [0.3, 0.4) is 0 Å². The van der Waals surface area contributed by atoms with E-state index in [4.69, 9.17) is 39.9 Å². The number of aliphatic hydroxyl groups is 1. The van der Waals surface area contributed by atoms with E-state index in [0.29, 0.717) is 6.42 Å². The zero-order chi connectivity index (χ0) is 6.41. The third kappa shape index (κ3) is 0.820. The third-order valence-electron chi connectivity index (χ3n) is 1.28. The van der Waals surface area contributed by atoms with E-state index >= 15 is 0 Å². The van der Waals surface area contributed by atoms with Crippen LogP contribution in [0.4, 0.5) is 0 Å². The molecule has 1 N–H and O–H groups in total. The van der Waals surface area contributed by atoms with E-state index in [1.54, 1.807) is 0 Å². The summed E-state index contributed by atoms with van der Waals surface area (Å²) in [5.41, 5.74) is 0. The number of rotatable bonds is 1. The molecule has 0 heterocycles. The molecule has 0 radical (unpaired) electrons. The molecule has 1 rings (SSSR count). The monoisotopic (exact) mass is 174 g/mol. The van der Waals surface area contributed by atoms with Gasteiger partial charge in [0.25, 0.3) is 0 Å². The highest BCUT2D eigenvalue weighted by Gasteiger charge is 2.65. The maximum absolute atomic E-state index is 8.50. The Morgan fingerprint density at radius 1 is 1.38 bits per heavy atom. The number of alkyl halides is 3. The number of halogens is 3. The molecule has 0 aliphatic heterocycles. The van der Waals surface area contributed by atoms with Gasteiger partial charge in [0.2, 0.25) is 0 Å². The fourth-order valence-corrected chi connectivity index (χ4v) is 1.39. The van der Waals surface area contributed by atoms with Crippen LogP contribution in [0, 0.1) is 0 Å². The van der Waals surface area contributed by atoms with Crippen molar-refractivity contribution in [3.63, 3.8) is 0 Å². The van der Waals surface area contributed by atoms with Gasteiger partial charge in [-0.05, 0) is 0 Å². The lowest BCUT2D eigenvalue weighted by Crippen LogP contribution is -2.13. The van der Waals surface area contributed by atoms with Crippen molar-refractivity contribution in [2.75, 3.05) is 6.61 Å². The summed E-state index contributed by atoms with van der Waals surface area (Å²) in [4.78, 5) is -0.754. The zero-order valence-electron chi connectivity index (χ0n) is 4.00. The summed E-state index contributed by atoms with van der Waals surface area (Å²) in [5, 5.41) is 8.50. The Morgan fingerprint density at radius 2 is 1.75 bits per heavy atom. The summed E-state index contributed by atoms with van der Waals surface area (Å²) in [7, 11) is 0. The summed E-state index contributed by atoms with van der Waals surface area (Å²) in [5.74, 6) is 0. The van der Waals surface area contributed by atoms with Gasteiger partial charge < -0.3 is 5.11 Å². The Bertz CT molecular complexity index is 114. The fraction of sp³-hybridized carbons (Fsp3) is 1.00. The molecule has 4 heteroatoms. The Balaban J connectivity index is 2.55. The van der Waals surface area contributed by atoms with Crippen LogP contribution in [0.1, 0.15) is 6.42 Å². The first kappa shape index (κ1) is 6.94. The molecule has 0 spiro atoms. The minimum atomic E-state index is -0.886. The number of hydrogen-bond donors (Lipinski definition) is 1. The third-order valence-corrected chi connectivity index (χ3v) is 3.04. The van der Waals surface area contributed by atoms with Crippen molar-refractivity contribution in [1.29, 1.82) is 0 Å². The topological polar surface area (TPSA) is 20.2 Å². The second-order valence-corrected chi connectivity index (χ2v) is 4.21. The lowest BCUT2D eigenvalue weighted by Gasteiger charge is -2.01. The Kier molecular flexibility index (Phi) is 1.44. The minimum Gasteiger partial charge on any atom is -0.394 e. The molecule has 48 valence electrons. The average molecular weight is 175 g/mol. The SMILES string of the molecule is OCC1(Cl)CC1(Cl)Cl. The van der Waals surface area contributed by atoms with Crippen LogP contribution in [-0.4, -0.2) is 20.9 Å². The molecule has 1 unspecified atom stereocenters. The molecule has 0 aromatic carbocycles. The van der Waals surface area contributed by atoms with Gasteiger partial charge in [-0.1, -0.05) is 23.2 Å². The van der Waals surface area contributed by atoms with Crippen LogP contribution in [0.5, 0.6) is 0 Å². The maximum Gasteiger partial charge on any atom is 0.141 e. The highest BCUT2D eigenvalue weighted by atomic mass is 35.5. The van der Waals surface area contributed by atoms with E-state index in [1.165, 1.54) is 0 Å². The van der Waals surface area contributed by atoms with Crippen LogP contribution < -0.4 is 0 Å². The van der Waals surface area contributed by atoms with Gasteiger partial charge in [-0.3, -0.25) is 0 Å². The minimum absolute atomic E-state index is 0.151. The van der Waals surface area contributed by atoms with E-state index in [9.17, 15) is 0 Å². The van der Waals surface area contributed by atoms with Crippen LogP contribution in [0.2, 0.25) is 0 Å². The smallest absolute Gasteiger partial charge is 0.141 e. The van der Waals surface area contributed by atoms with Crippen molar-refractivity contribution in [2.45, 2.75) is 15.6 Å². The molecule has 0 saturated heterocycles. The van der Waals surface area contributed by atoms with Crippen LogP contribution in [0.25, 0.3) is 0 Å². The molecule has 8 heavy (non-hydrogen) atoms. The number of aliphatic hydroxyl groups excluding tert-OH is 1. The lowest BCUT2D eigenvalue weighted by atomic mass is 10.5. The highest BCUT2D eigenvalue weighted by Crippen LogP contribution is 2.60. The second-order valence-electron chi connectivity index (χ2n) is 2.00. The molecule has 0 amide bonds. The van der Waals surface area contributed by atoms with E-state index in [2.05, 4.69) is 0 Å². The predicted molar refractivity (Wildman–Crippen MR) is 34.7 cm³/mol. The Morgan fingerprint density at radius 3 is 1.75 bits per heavy atom. The second kappa shape index (κ2) is 1.66. The first-order valence-corrected chi connectivity index (χ1v) is 3.33. The molecule has 0 aromatic heterocycles. The predicted octanol–water partition coefficient (Wildman–Crippen LogP) is 1.53. The van der Waals surface area contributed by atoms with E-state index in [-0.39, 0.29) is 6.61 Å². The summed E-state index contributed by atoms with van der Waals surface area (Å²) < 4.78 is -0.886. The van der Waals surface area contributed by atoms with Crippen molar-refractivity contribution in [1.82, 2.24) is 0 Å². The summed E-state index contributed by atoms with van der Waals surface area (Å²) >= 11 is 16.7. The Hall–Kier alpha value is 0.830. The van der Waals surface area contributed by atoms with Gasteiger partial charge in [0.15, 0.2) is 0 Å². The van der Waals surface area contributed by atoms with Gasteiger partial charge >= 0.3 is 0 Å². The molecular weight excluding hydrogens is 170 g/mol. The fourth-order valence-electron chi connectivity index (χ4n) is 0.479. The maximum atomic E-state index is 8.50. The van der Waals surface area contributed by atoms with E-state index in [0.717, 1.165) is 0 Å². The first-order valence-electron chi connectivity index (χ1n) is 2.19. The number of hydrogen-bond acceptors (Lipinski definition) is 1. The van der Waals surface area contributed by atoms with Crippen molar-refractivity contribution in [3.8, 4) is 0 Å². The van der Waals surface area contributed by atoms with Crippen LogP contribution in [0.15, 0.2) is 0 Å². The van der Waals surface area contributed by atoms with Crippen LogP contribution in [-0.2, 0) is 0 Å². The van der Waals surface area contributed by atoms with Gasteiger partial charge in [0, 0.05) is 6.42 Å². The van der Waals surface area contributed by atoms with Gasteiger partial charge in [-0.15, -0.1) is 11.6 Å². The van der Waals surface area contributed by atoms with Crippen molar-refractivity contribution in [2.24, 2.45) is 0 Å². The van der Waals surface area contributed by atoms with Gasteiger partial charge in [-0.2, -0.15) is 0 Å². The van der Waals surface area contributed by atoms with Crippen LogP contribution >= 0.6 is 34.8 Å².